The fourth-order valence-corrected chi connectivity index (χ4v) is 12.0. The molecular formula is C86H159N15O28. The van der Waals surface area contributed by atoms with E-state index in [-0.39, 0.29) is 39.4 Å². The highest BCUT2D eigenvalue weighted by Crippen LogP contribution is 2.29. The number of aryl methyl sites for hydroxylation is 1. The number of nitrogens with one attached hydrogen (secondary N) is 8. The molecule has 2 heterocycles. The van der Waals surface area contributed by atoms with Crippen molar-refractivity contribution in [2.45, 2.75) is 273 Å². The van der Waals surface area contributed by atoms with Crippen molar-refractivity contribution < 1.29 is 135 Å². The lowest BCUT2D eigenvalue weighted by atomic mass is 9.90. The second-order valence-corrected chi connectivity index (χ2v) is 37.5. The molecule has 5 atom stereocenters. The highest BCUT2D eigenvalue weighted by molar-refractivity contribution is 5.82. The van der Waals surface area contributed by atoms with Crippen molar-refractivity contribution in [3.05, 3.63) is 11.9 Å². The van der Waals surface area contributed by atoms with Gasteiger partial charge in [0, 0.05) is 58.9 Å². The van der Waals surface area contributed by atoms with Crippen molar-refractivity contribution in [2.24, 2.45) is 16.2 Å². The maximum atomic E-state index is 14.8. The molecule has 0 saturated carbocycles. The largest absolute Gasteiger partial charge is 0.465 e. The van der Waals surface area contributed by atoms with Crippen LogP contribution in [0.15, 0.2) is 6.20 Å². The number of aromatic nitrogens is 3. The minimum atomic E-state index is -2.05. The molecule has 0 radical (unpaired) electrons. The zero-order valence-corrected chi connectivity index (χ0v) is 80.4. The number of alkyl carbamates (subject to hydrolysis) is 8. The molecule has 12 N–H and O–H groups in total. The standard InChI is InChI=1S/C86H159N15O28/c1-80(2,3)126-76(113)91-40-32-48-97(16)44-27-22-36-87-72(109)121-59-85(14,60-122-73(110)88-37-23-28-45-98(17)49-33-41-92-77(114)127-81(4,5)6)70(107)119-57-84(13,69(106)117-53-31-21-20-26-52-101-54-63(95-96-101)56-118-68-67(105)66(104)65(103)64(55-102)125-68)58-120-71(108)86(15,61-123-74(111)89-38-24-29-46-99(18)50-34-42-93-78(115)128-82(7,8)9)62-124-75(112)90-39-25-30-47-100(19)51-35-43-94-79(116)129-83(10,11)12/h54,64-68,102-105H,20-53,55-62H2,1-19H3,(H,87,109)(H,88,110)(H,89,111)(H,90,112)(H,91,113)(H,92,114)(H,93,115)(H,94,116)/t64?,65-,66?,67?,68?/m1/s1. The molecule has 4 unspecified atom stereocenters. The maximum absolute atomic E-state index is 14.8. The SMILES string of the molecule is CN(CCCCNC(=O)OCC(C)(COC(=O)NCCCCN(C)CCCNC(=O)OC(C)(C)C)C(=O)OCC(C)(COC(=O)C(C)(COC(=O)NCCCCN(C)CCCNC(=O)OC(C)(C)C)COC(=O)NCCCCN(C)CCCNC(=O)OC(C)(C)C)C(=O)OCCCCCCn1cc(COC2OC(CO)[C@@H](O)C(O)C2O)nn1)CCCNC(=O)OC(C)(C)C. The molecule has 1 fully saturated rings. The molecule has 129 heavy (non-hydrogen) atoms. The van der Waals surface area contributed by atoms with Crippen molar-refractivity contribution in [2.75, 3.05) is 186 Å². The first kappa shape index (κ1) is 116. The first-order valence-corrected chi connectivity index (χ1v) is 45.0. The van der Waals surface area contributed by atoms with Gasteiger partial charge in [-0.15, -0.1) is 5.10 Å². The molecule has 746 valence electrons. The third-order valence-electron chi connectivity index (χ3n) is 19.4. The van der Waals surface area contributed by atoms with Gasteiger partial charge in [-0.25, -0.2) is 38.4 Å². The van der Waals surface area contributed by atoms with E-state index in [2.05, 4.69) is 72.4 Å². The van der Waals surface area contributed by atoms with Gasteiger partial charge in [0.25, 0.3) is 0 Å². The number of aliphatic hydroxyl groups is 4. The van der Waals surface area contributed by atoms with Crippen LogP contribution in [0.2, 0.25) is 0 Å². The molecule has 43 heteroatoms. The Morgan fingerprint density at radius 1 is 0.357 bits per heavy atom. The summed E-state index contributed by atoms with van der Waals surface area (Å²) in [5, 5.41) is 70.2. The minimum Gasteiger partial charge on any atom is -0.465 e. The predicted octanol–water partition coefficient (Wildman–Crippen LogP) is 6.22. The van der Waals surface area contributed by atoms with Gasteiger partial charge < -0.3 is 144 Å². The molecule has 0 spiro atoms. The highest BCUT2D eigenvalue weighted by Gasteiger charge is 2.47. The van der Waals surface area contributed by atoms with Crippen LogP contribution in [0.3, 0.4) is 0 Å². The van der Waals surface area contributed by atoms with Gasteiger partial charge in [-0.1, -0.05) is 11.6 Å². The minimum absolute atomic E-state index is 0.174. The Hall–Kier alpha value is -8.69. The van der Waals surface area contributed by atoms with E-state index in [0.29, 0.717) is 194 Å². The van der Waals surface area contributed by atoms with E-state index >= 15 is 0 Å². The number of hydrogen-bond acceptors (Lipinski definition) is 34. The molecule has 8 amide bonds. The zero-order valence-electron chi connectivity index (χ0n) is 80.4. The molecule has 1 saturated heterocycles. The lowest BCUT2D eigenvalue weighted by Crippen LogP contribution is -2.59. The Bertz CT molecular complexity index is 3130. The summed E-state index contributed by atoms with van der Waals surface area (Å²) in [4.78, 5) is 155. The number of nitrogens with zero attached hydrogens (tertiary/aromatic N) is 7. The van der Waals surface area contributed by atoms with Gasteiger partial charge in [0.2, 0.25) is 0 Å². The van der Waals surface area contributed by atoms with E-state index in [1.54, 1.807) is 94.0 Å². The van der Waals surface area contributed by atoms with Crippen LogP contribution in [0, 0.1) is 16.2 Å². The molecule has 43 nitrogen and oxygen atoms in total. The molecule has 0 bridgehead atoms. The maximum Gasteiger partial charge on any atom is 0.407 e. The summed E-state index contributed by atoms with van der Waals surface area (Å²) in [6.45, 7) is 27.8. The van der Waals surface area contributed by atoms with E-state index in [1.807, 2.05) is 28.2 Å². The van der Waals surface area contributed by atoms with Crippen molar-refractivity contribution >= 4 is 66.7 Å². The average Bonchev–Trinajstić information content (AvgIpc) is 1.52. The fraction of sp³-hybridized carbons (Fsp3) is 0.849. The average molecular weight is 1850 g/mol. The number of carbonyl (C=O) groups is 11. The highest BCUT2D eigenvalue weighted by atomic mass is 16.7. The van der Waals surface area contributed by atoms with Crippen LogP contribution in [-0.4, -0.2) is 361 Å². The van der Waals surface area contributed by atoms with Crippen LogP contribution in [0.1, 0.15) is 212 Å². The second-order valence-electron chi connectivity index (χ2n) is 37.5. The van der Waals surface area contributed by atoms with Gasteiger partial charge in [0.15, 0.2) is 6.29 Å². The van der Waals surface area contributed by atoms with E-state index in [1.165, 1.54) is 20.8 Å². The molecule has 1 aromatic heterocycles. The summed E-state index contributed by atoms with van der Waals surface area (Å²) in [5.41, 5.74) is -8.15. The lowest BCUT2D eigenvalue weighted by Gasteiger charge is -2.39. The van der Waals surface area contributed by atoms with Crippen molar-refractivity contribution in [1.82, 2.24) is 77.1 Å². The van der Waals surface area contributed by atoms with Crippen LogP contribution >= 0.6 is 0 Å². The Morgan fingerprint density at radius 2 is 0.636 bits per heavy atom. The Balaban J connectivity index is 2.44. The first-order chi connectivity index (χ1) is 60.4. The molecule has 0 aliphatic carbocycles. The smallest absolute Gasteiger partial charge is 0.407 e. The van der Waals surface area contributed by atoms with Gasteiger partial charge >= 0.3 is 66.7 Å². The van der Waals surface area contributed by atoms with Crippen LogP contribution in [0.5, 0.6) is 0 Å². The van der Waals surface area contributed by atoms with Gasteiger partial charge in [0.05, 0.1) is 26.0 Å². The van der Waals surface area contributed by atoms with Crippen LogP contribution in [0.25, 0.3) is 0 Å². The number of aliphatic hydroxyl groups excluding tert-OH is 4. The fourth-order valence-electron chi connectivity index (χ4n) is 12.0. The Labute approximate surface area is 762 Å². The lowest BCUT2D eigenvalue weighted by molar-refractivity contribution is -0.304. The number of unbranched alkanes of at least 4 members (excludes halogenated alkanes) is 7. The number of carbonyl (C=O) groups excluding carboxylic acids is 11. The van der Waals surface area contributed by atoms with Crippen LogP contribution in [-0.2, 0) is 89.1 Å². The molecule has 0 aromatic carbocycles. The predicted molar refractivity (Wildman–Crippen MR) is 474 cm³/mol. The van der Waals surface area contributed by atoms with Gasteiger partial charge in [-0.2, -0.15) is 0 Å². The molecule has 1 aromatic rings. The summed E-state index contributed by atoms with van der Waals surface area (Å²) in [5.74, 6) is -3.25. The second kappa shape index (κ2) is 61.1. The number of rotatable bonds is 62. The van der Waals surface area contributed by atoms with Gasteiger partial charge in [-0.3, -0.25) is 19.1 Å². The van der Waals surface area contributed by atoms with Crippen molar-refractivity contribution in [3.8, 4) is 0 Å². The third-order valence-corrected chi connectivity index (χ3v) is 19.4. The number of esters is 3. The number of amides is 8. The van der Waals surface area contributed by atoms with Crippen molar-refractivity contribution in [1.29, 1.82) is 0 Å². The topological polar surface area (TPSA) is 529 Å². The normalized spacial score (nSPS) is 15.7. The van der Waals surface area contributed by atoms with Gasteiger partial charge in [-0.05, 0) is 281 Å². The van der Waals surface area contributed by atoms with Gasteiger partial charge in [0.1, 0.15) is 108 Å². The Kier molecular flexibility index (Phi) is 55.1. The van der Waals surface area contributed by atoms with E-state index in [4.69, 9.17) is 61.6 Å². The summed E-state index contributed by atoms with van der Waals surface area (Å²) >= 11 is 0. The quantitative estimate of drug-likeness (QED) is 0.0196. The van der Waals surface area contributed by atoms with Crippen molar-refractivity contribution in [3.63, 3.8) is 0 Å². The monoisotopic (exact) mass is 1850 g/mol. The number of ether oxygens (including phenoxy) is 13. The van der Waals surface area contributed by atoms with Crippen LogP contribution < -0.4 is 42.5 Å². The molecular weight excluding hydrogens is 1690 g/mol. The zero-order chi connectivity index (χ0) is 96.9. The molecule has 1 aliphatic rings. The first-order valence-electron chi connectivity index (χ1n) is 45.0. The third kappa shape index (κ3) is 55.9. The van der Waals surface area contributed by atoms with Crippen LogP contribution in [0.4, 0.5) is 38.4 Å². The number of hydrogen-bond donors (Lipinski definition) is 12. The summed E-state index contributed by atoms with van der Waals surface area (Å²) in [6, 6.07) is 0. The summed E-state index contributed by atoms with van der Waals surface area (Å²) < 4.78 is 74.0. The molecule has 2 rings (SSSR count). The van der Waals surface area contributed by atoms with E-state index in [9.17, 15) is 73.2 Å². The van der Waals surface area contributed by atoms with E-state index in [0.717, 1.165) is 0 Å². The Morgan fingerprint density at radius 3 is 0.946 bits per heavy atom. The molecule has 1 aliphatic heterocycles. The summed E-state index contributed by atoms with van der Waals surface area (Å²) in [6.07, 6.45) is -2.01. The van der Waals surface area contributed by atoms with E-state index < -0.39 is 182 Å². The summed E-state index contributed by atoms with van der Waals surface area (Å²) in [7, 11) is 7.71.